The number of methoxy groups -OCH3 is 1. The first-order chi connectivity index (χ1) is 10.2. The molecule has 4 nitrogen and oxygen atoms in total. The molecule has 21 heavy (non-hydrogen) atoms. The summed E-state index contributed by atoms with van der Waals surface area (Å²) in [4.78, 5) is 14.7. The third kappa shape index (κ3) is 3.56. The Morgan fingerprint density at radius 2 is 2.14 bits per heavy atom. The fourth-order valence-electron chi connectivity index (χ4n) is 3.15. The number of likely N-dealkylation sites (tertiary alicyclic amines) is 1. The normalized spacial score (nSPS) is 22.1. The van der Waals surface area contributed by atoms with E-state index >= 15 is 0 Å². The number of hydrogen-bond donors (Lipinski definition) is 1. The predicted molar refractivity (Wildman–Crippen MR) is 84.8 cm³/mol. The molecule has 116 valence electrons. The average molecular weight is 290 g/mol. The molecule has 2 unspecified atom stereocenters. The van der Waals surface area contributed by atoms with E-state index in [0.717, 1.165) is 32.5 Å². The minimum atomic E-state index is 0.0841. The van der Waals surface area contributed by atoms with Crippen LogP contribution in [0.4, 0.5) is 0 Å². The molecule has 1 aliphatic rings. The van der Waals surface area contributed by atoms with E-state index in [0.29, 0.717) is 23.3 Å². The number of benzene rings is 1. The van der Waals surface area contributed by atoms with E-state index in [1.165, 1.54) is 0 Å². The molecule has 0 aromatic heterocycles. The summed E-state index contributed by atoms with van der Waals surface area (Å²) < 4.78 is 5.31. The first kappa shape index (κ1) is 15.8. The third-order valence-corrected chi connectivity index (χ3v) is 4.35. The number of amides is 1. The zero-order chi connectivity index (χ0) is 15.2. The van der Waals surface area contributed by atoms with Crippen LogP contribution in [-0.4, -0.2) is 43.6 Å². The van der Waals surface area contributed by atoms with Gasteiger partial charge >= 0.3 is 0 Å². The zero-order valence-electron chi connectivity index (χ0n) is 13.3. The summed E-state index contributed by atoms with van der Waals surface area (Å²) >= 11 is 0. The molecule has 2 rings (SSSR count). The molecule has 1 heterocycles. The molecule has 0 saturated carbocycles. The molecule has 0 aliphatic carbocycles. The van der Waals surface area contributed by atoms with Gasteiger partial charge in [-0.3, -0.25) is 4.79 Å². The number of rotatable bonds is 5. The van der Waals surface area contributed by atoms with Gasteiger partial charge in [0.05, 0.1) is 12.7 Å². The smallest absolute Gasteiger partial charge is 0.257 e. The summed E-state index contributed by atoms with van der Waals surface area (Å²) in [5, 5.41) is 3.54. The second-order valence-electron chi connectivity index (χ2n) is 5.57. The molecular weight excluding hydrogens is 264 g/mol. The van der Waals surface area contributed by atoms with E-state index in [9.17, 15) is 4.79 Å². The predicted octanol–water partition coefficient (Wildman–Crippen LogP) is 2.55. The van der Waals surface area contributed by atoms with Crippen LogP contribution in [0.2, 0.25) is 0 Å². The number of hydrogen-bond acceptors (Lipinski definition) is 3. The van der Waals surface area contributed by atoms with Crippen molar-refractivity contribution >= 4 is 5.91 Å². The molecule has 1 aliphatic heterocycles. The lowest BCUT2D eigenvalue weighted by Crippen LogP contribution is -2.50. The van der Waals surface area contributed by atoms with Crippen molar-refractivity contribution in [2.24, 2.45) is 5.92 Å². The van der Waals surface area contributed by atoms with Crippen LogP contribution in [0, 0.1) is 5.92 Å². The summed E-state index contributed by atoms with van der Waals surface area (Å²) in [6, 6.07) is 8.00. The largest absolute Gasteiger partial charge is 0.496 e. The summed E-state index contributed by atoms with van der Waals surface area (Å²) in [7, 11) is 1.61. The first-order valence-corrected chi connectivity index (χ1v) is 7.86. The van der Waals surface area contributed by atoms with Gasteiger partial charge in [0.25, 0.3) is 5.91 Å². The van der Waals surface area contributed by atoms with E-state index in [1.54, 1.807) is 7.11 Å². The number of piperidine rings is 1. The lowest BCUT2D eigenvalue weighted by atomic mass is 9.89. The van der Waals surface area contributed by atoms with Crippen molar-refractivity contribution in [1.29, 1.82) is 0 Å². The van der Waals surface area contributed by atoms with Crippen molar-refractivity contribution in [3.63, 3.8) is 0 Å². The maximum atomic E-state index is 12.7. The second kappa shape index (κ2) is 7.46. The summed E-state index contributed by atoms with van der Waals surface area (Å²) in [6.45, 7) is 6.96. The molecule has 1 aromatic rings. The van der Waals surface area contributed by atoms with Gasteiger partial charge in [0.1, 0.15) is 5.75 Å². The highest BCUT2D eigenvalue weighted by atomic mass is 16.5. The fraction of sp³-hybridized carbons (Fsp3) is 0.588. The van der Waals surface area contributed by atoms with Gasteiger partial charge in [-0.1, -0.05) is 32.4 Å². The Morgan fingerprint density at radius 1 is 1.38 bits per heavy atom. The van der Waals surface area contributed by atoms with Crippen molar-refractivity contribution in [3.8, 4) is 5.75 Å². The number of ether oxygens (including phenoxy) is 1. The highest BCUT2D eigenvalue weighted by Gasteiger charge is 2.31. The van der Waals surface area contributed by atoms with Crippen LogP contribution < -0.4 is 10.1 Å². The number of carbonyl (C=O) groups is 1. The van der Waals surface area contributed by atoms with Crippen LogP contribution in [0.1, 0.15) is 37.0 Å². The van der Waals surface area contributed by atoms with Crippen molar-refractivity contribution in [3.05, 3.63) is 29.8 Å². The van der Waals surface area contributed by atoms with Crippen molar-refractivity contribution in [1.82, 2.24) is 10.2 Å². The van der Waals surface area contributed by atoms with Crippen molar-refractivity contribution in [2.45, 2.75) is 32.7 Å². The van der Waals surface area contributed by atoms with Gasteiger partial charge in [-0.15, -0.1) is 0 Å². The van der Waals surface area contributed by atoms with Gasteiger partial charge in [0.2, 0.25) is 0 Å². The van der Waals surface area contributed by atoms with E-state index in [1.807, 2.05) is 29.2 Å². The molecular formula is C17H26N2O2. The maximum Gasteiger partial charge on any atom is 0.257 e. The van der Waals surface area contributed by atoms with Crippen LogP contribution in [0.15, 0.2) is 24.3 Å². The zero-order valence-corrected chi connectivity index (χ0v) is 13.3. The topological polar surface area (TPSA) is 41.6 Å². The number of nitrogens with one attached hydrogen (secondary N) is 1. The van der Waals surface area contributed by atoms with Gasteiger partial charge in [0.15, 0.2) is 0 Å². The Balaban J connectivity index is 2.10. The Labute approximate surface area is 127 Å². The minimum absolute atomic E-state index is 0.0841. The van der Waals surface area contributed by atoms with Crippen LogP contribution in [-0.2, 0) is 0 Å². The van der Waals surface area contributed by atoms with Gasteiger partial charge in [-0.05, 0) is 31.0 Å². The molecule has 1 aromatic carbocycles. The highest BCUT2D eigenvalue weighted by Crippen LogP contribution is 2.25. The molecule has 0 spiro atoms. The maximum absolute atomic E-state index is 12.7. The number of carbonyl (C=O) groups excluding carboxylic acids is 1. The van der Waals surface area contributed by atoms with Crippen LogP contribution in [0.5, 0.6) is 5.75 Å². The lowest BCUT2D eigenvalue weighted by Gasteiger charge is -2.38. The molecule has 1 fully saturated rings. The Bertz CT molecular complexity index is 476. The first-order valence-electron chi connectivity index (χ1n) is 7.86. The van der Waals surface area contributed by atoms with E-state index in [4.69, 9.17) is 4.74 Å². The summed E-state index contributed by atoms with van der Waals surface area (Å²) in [5.74, 6) is 1.27. The average Bonchev–Trinajstić information content (AvgIpc) is 2.54. The highest BCUT2D eigenvalue weighted by molar-refractivity contribution is 5.97. The lowest BCUT2D eigenvalue weighted by molar-refractivity contribution is 0.0625. The summed E-state index contributed by atoms with van der Waals surface area (Å²) in [6.07, 6.45) is 2.11. The molecule has 1 N–H and O–H groups in total. The van der Waals surface area contributed by atoms with Crippen molar-refractivity contribution in [2.75, 3.05) is 26.7 Å². The quantitative estimate of drug-likeness (QED) is 0.906. The Morgan fingerprint density at radius 3 is 2.81 bits per heavy atom. The molecule has 0 bridgehead atoms. The molecule has 0 radical (unpaired) electrons. The standard InChI is InChI=1S/C17H26N2O2/c1-4-13-12-19(11-10-15(13)18-5-2)17(20)14-8-6-7-9-16(14)21-3/h6-9,13,15,18H,4-5,10-12H2,1-3H3. The molecule has 4 heteroatoms. The molecule has 2 atom stereocenters. The van der Waals surface area contributed by atoms with Gasteiger partial charge < -0.3 is 15.0 Å². The number of nitrogens with zero attached hydrogens (tertiary/aromatic N) is 1. The van der Waals surface area contributed by atoms with Gasteiger partial charge in [-0.25, -0.2) is 0 Å². The third-order valence-electron chi connectivity index (χ3n) is 4.35. The SMILES string of the molecule is CCNC1CCN(C(=O)c2ccccc2OC)CC1CC. The van der Waals surface area contributed by atoms with E-state index < -0.39 is 0 Å². The van der Waals surface area contributed by atoms with Crippen LogP contribution in [0.3, 0.4) is 0 Å². The second-order valence-corrected chi connectivity index (χ2v) is 5.57. The summed E-state index contributed by atoms with van der Waals surface area (Å²) in [5.41, 5.74) is 0.664. The van der Waals surface area contributed by atoms with Gasteiger partial charge in [0, 0.05) is 19.1 Å². The molecule has 1 amide bonds. The molecule has 1 saturated heterocycles. The Kier molecular flexibility index (Phi) is 5.62. The fourth-order valence-corrected chi connectivity index (χ4v) is 3.15. The van der Waals surface area contributed by atoms with Crippen LogP contribution in [0.25, 0.3) is 0 Å². The monoisotopic (exact) mass is 290 g/mol. The number of para-hydroxylation sites is 1. The van der Waals surface area contributed by atoms with Gasteiger partial charge in [-0.2, -0.15) is 0 Å². The van der Waals surface area contributed by atoms with E-state index in [-0.39, 0.29) is 5.91 Å². The minimum Gasteiger partial charge on any atom is -0.496 e. The van der Waals surface area contributed by atoms with Crippen LogP contribution >= 0.6 is 0 Å². The Hall–Kier alpha value is -1.55. The van der Waals surface area contributed by atoms with Crippen molar-refractivity contribution < 1.29 is 9.53 Å². The van der Waals surface area contributed by atoms with E-state index in [2.05, 4.69) is 19.2 Å².